The molecule has 18 heavy (non-hydrogen) atoms. The van der Waals surface area contributed by atoms with Crippen LogP contribution in [0.1, 0.15) is 38.5 Å². The Kier molecular flexibility index (Phi) is 8.18. The molecule has 1 aliphatic carbocycles. The molecule has 0 aliphatic heterocycles. The van der Waals surface area contributed by atoms with Gasteiger partial charge >= 0.3 is 0 Å². The van der Waals surface area contributed by atoms with E-state index in [0.717, 1.165) is 17.9 Å². The van der Waals surface area contributed by atoms with Gasteiger partial charge in [-0.2, -0.15) is 11.8 Å². The van der Waals surface area contributed by atoms with E-state index in [0.29, 0.717) is 12.5 Å². The molecule has 0 bridgehead atoms. The fourth-order valence-electron chi connectivity index (χ4n) is 2.43. The van der Waals surface area contributed by atoms with E-state index < -0.39 is 0 Å². The molecule has 0 heterocycles. The first-order valence-electron chi connectivity index (χ1n) is 6.96. The minimum Gasteiger partial charge on any atom is -0.354 e. The molecule has 0 aromatic rings. The van der Waals surface area contributed by atoms with Gasteiger partial charge in [-0.3, -0.25) is 4.79 Å². The Balaban J connectivity index is 2.09. The minimum absolute atomic E-state index is 0.0137. The van der Waals surface area contributed by atoms with Gasteiger partial charge in [0.25, 0.3) is 0 Å². The van der Waals surface area contributed by atoms with E-state index in [1.807, 2.05) is 6.08 Å². The van der Waals surface area contributed by atoms with E-state index >= 15 is 0 Å². The second-order valence-electron chi connectivity index (χ2n) is 5.00. The second kappa shape index (κ2) is 9.45. The SMILES string of the molecule is C=CCSCCNC(=O)C(N)CC1CCCCC1. The third-order valence-corrected chi connectivity index (χ3v) is 4.39. The summed E-state index contributed by atoms with van der Waals surface area (Å²) < 4.78 is 0. The summed E-state index contributed by atoms with van der Waals surface area (Å²) in [5, 5.41) is 2.91. The van der Waals surface area contributed by atoms with E-state index in [1.165, 1.54) is 32.1 Å². The van der Waals surface area contributed by atoms with Gasteiger partial charge in [-0.05, 0) is 12.3 Å². The van der Waals surface area contributed by atoms with Gasteiger partial charge in [-0.1, -0.05) is 38.2 Å². The Morgan fingerprint density at radius 3 is 2.83 bits per heavy atom. The topological polar surface area (TPSA) is 55.1 Å². The zero-order chi connectivity index (χ0) is 13.2. The first-order valence-corrected chi connectivity index (χ1v) is 8.11. The first-order chi connectivity index (χ1) is 8.74. The Morgan fingerprint density at radius 1 is 1.44 bits per heavy atom. The smallest absolute Gasteiger partial charge is 0.236 e. The lowest BCUT2D eigenvalue weighted by Crippen LogP contribution is -2.42. The van der Waals surface area contributed by atoms with Crippen LogP contribution in [0.15, 0.2) is 12.7 Å². The highest BCUT2D eigenvalue weighted by molar-refractivity contribution is 7.99. The van der Waals surface area contributed by atoms with Crippen molar-refractivity contribution in [2.24, 2.45) is 11.7 Å². The van der Waals surface area contributed by atoms with Crippen molar-refractivity contribution in [3.05, 3.63) is 12.7 Å². The number of carbonyl (C=O) groups excluding carboxylic acids is 1. The average Bonchev–Trinajstić information content (AvgIpc) is 2.39. The predicted molar refractivity (Wildman–Crippen MR) is 79.7 cm³/mol. The third kappa shape index (κ3) is 6.45. The fourth-order valence-corrected chi connectivity index (χ4v) is 3.01. The van der Waals surface area contributed by atoms with Gasteiger partial charge in [0.1, 0.15) is 0 Å². The van der Waals surface area contributed by atoms with Crippen LogP contribution in [0.5, 0.6) is 0 Å². The summed E-state index contributed by atoms with van der Waals surface area (Å²) in [4.78, 5) is 11.8. The maximum Gasteiger partial charge on any atom is 0.236 e. The zero-order valence-corrected chi connectivity index (χ0v) is 12.0. The average molecular weight is 270 g/mol. The molecule has 1 unspecified atom stereocenters. The standard InChI is InChI=1S/C14H26N2OS/c1-2-9-18-10-8-16-14(17)13(15)11-12-6-4-3-5-7-12/h2,12-13H,1,3-11,15H2,(H,16,17). The summed E-state index contributed by atoms with van der Waals surface area (Å²) in [7, 11) is 0. The van der Waals surface area contributed by atoms with Crippen molar-refractivity contribution in [2.75, 3.05) is 18.1 Å². The lowest BCUT2D eigenvalue weighted by Gasteiger charge is -2.24. The van der Waals surface area contributed by atoms with E-state index in [1.54, 1.807) is 11.8 Å². The van der Waals surface area contributed by atoms with Crippen molar-refractivity contribution in [1.82, 2.24) is 5.32 Å². The molecule has 1 amide bonds. The summed E-state index contributed by atoms with van der Waals surface area (Å²) in [5.74, 6) is 2.53. The molecule has 1 atom stereocenters. The Bertz CT molecular complexity index is 252. The van der Waals surface area contributed by atoms with Crippen molar-refractivity contribution < 1.29 is 4.79 Å². The van der Waals surface area contributed by atoms with Gasteiger partial charge in [-0.15, -0.1) is 6.58 Å². The molecular formula is C14H26N2OS. The Hall–Kier alpha value is -0.480. The number of hydrogen-bond acceptors (Lipinski definition) is 3. The van der Waals surface area contributed by atoms with Crippen molar-refractivity contribution in [3.8, 4) is 0 Å². The molecule has 4 heteroatoms. The van der Waals surface area contributed by atoms with Crippen molar-refractivity contribution in [2.45, 2.75) is 44.6 Å². The molecular weight excluding hydrogens is 244 g/mol. The van der Waals surface area contributed by atoms with E-state index in [-0.39, 0.29) is 11.9 Å². The number of hydrogen-bond donors (Lipinski definition) is 2. The van der Waals surface area contributed by atoms with E-state index in [2.05, 4.69) is 11.9 Å². The molecule has 0 spiro atoms. The number of amides is 1. The van der Waals surface area contributed by atoms with E-state index in [4.69, 9.17) is 5.73 Å². The van der Waals surface area contributed by atoms with Gasteiger partial charge < -0.3 is 11.1 Å². The highest BCUT2D eigenvalue weighted by atomic mass is 32.2. The molecule has 3 nitrogen and oxygen atoms in total. The van der Waals surface area contributed by atoms with Crippen LogP contribution >= 0.6 is 11.8 Å². The Labute approximate surface area is 115 Å². The number of nitrogens with one attached hydrogen (secondary N) is 1. The van der Waals surface area contributed by atoms with Gasteiger partial charge in [0.15, 0.2) is 0 Å². The number of carbonyl (C=O) groups is 1. The zero-order valence-electron chi connectivity index (χ0n) is 11.2. The molecule has 0 aromatic heterocycles. The number of rotatable bonds is 8. The molecule has 1 saturated carbocycles. The lowest BCUT2D eigenvalue weighted by molar-refractivity contribution is -0.122. The van der Waals surface area contributed by atoms with Crippen LogP contribution in [-0.4, -0.2) is 30.0 Å². The largest absolute Gasteiger partial charge is 0.354 e. The highest BCUT2D eigenvalue weighted by Gasteiger charge is 2.20. The molecule has 104 valence electrons. The first kappa shape index (κ1) is 15.6. The number of thioether (sulfide) groups is 1. The fraction of sp³-hybridized carbons (Fsp3) is 0.786. The van der Waals surface area contributed by atoms with Crippen LogP contribution in [0.3, 0.4) is 0 Å². The molecule has 0 radical (unpaired) electrons. The van der Waals surface area contributed by atoms with Gasteiger partial charge in [0.05, 0.1) is 6.04 Å². The van der Waals surface area contributed by atoms with Gasteiger partial charge in [-0.25, -0.2) is 0 Å². The molecule has 3 N–H and O–H groups in total. The van der Waals surface area contributed by atoms with Crippen LogP contribution in [0.25, 0.3) is 0 Å². The summed E-state index contributed by atoms with van der Waals surface area (Å²) in [6.45, 7) is 4.36. The van der Waals surface area contributed by atoms with Gasteiger partial charge in [0, 0.05) is 18.1 Å². The lowest BCUT2D eigenvalue weighted by atomic mass is 9.85. The molecule has 1 fully saturated rings. The van der Waals surface area contributed by atoms with Crippen LogP contribution in [0, 0.1) is 5.92 Å². The molecule has 1 aliphatic rings. The second-order valence-corrected chi connectivity index (χ2v) is 6.15. The van der Waals surface area contributed by atoms with Crippen molar-refractivity contribution in [1.29, 1.82) is 0 Å². The summed E-state index contributed by atoms with van der Waals surface area (Å²) in [6.07, 6.45) is 9.17. The van der Waals surface area contributed by atoms with Crippen molar-refractivity contribution in [3.63, 3.8) is 0 Å². The maximum atomic E-state index is 11.8. The quantitative estimate of drug-likeness (QED) is 0.526. The van der Waals surface area contributed by atoms with Crippen LogP contribution in [0.4, 0.5) is 0 Å². The molecule has 0 saturated heterocycles. The maximum absolute atomic E-state index is 11.8. The molecule has 1 rings (SSSR count). The normalized spacial score (nSPS) is 18.3. The van der Waals surface area contributed by atoms with Crippen LogP contribution in [-0.2, 0) is 4.79 Å². The summed E-state index contributed by atoms with van der Waals surface area (Å²) >= 11 is 1.77. The third-order valence-electron chi connectivity index (χ3n) is 3.43. The molecule has 0 aromatic carbocycles. The van der Waals surface area contributed by atoms with Crippen LogP contribution < -0.4 is 11.1 Å². The van der Waals surface area contributed by atoms with Gasteiger partial charge in [0.2, 0.25) is 5.91 Å². The van der Waals surface area contributed by atoms with E-state index in [9.17, 15) is 4.79 Å². The number of nitrogens with two attached hydrogens (primary N) is 1. The Morgan fingerprint density at radius 2 is 2.17 bits per heavy atom. The van der Waals surface area contributed by atoms with Crippen LogP contribution in [0.2, 0.25) is 0 Å². The van der Waals surface area contributed by atoms with Crippen molar-refractivity contribution >= 4 is 17.7 Å². The minimum atomic E-state index is -0.322. The predicted octanol–water partition coefficient (Wildman–Crippen LogP) is 2.32. The summed E-state index contributed by atoms with van der Waals surface area (Å²) in [6, 6.07) is -0.322. The highest BCUT2D eigenvalue weighted by Crippen LogP contribution is 2.26. The summed E-state index contributed by atoms with van der Waals surface area (Å²) in [5.41, 5.74) is 5.95. The monoisotopic (exact) mass is 270 g/mol.